The van der Waals surface area contributed by atoms with Crippen molar-refractivity contribution in [2.24, 2.45) is 11.7 Å². The first-order chi connectivity index (χ1) is 12.0. The number of carbonyl (C=O) groups is 1. The number of rotatable bonds is 2. The lowest BCUT2D eigenvalue weighted by Gasteiger charge is -2.30. The van der Waals surface area contributed by atoms with Crippen molar-refractivity contribution in [3.63, 3.8) is 0 Å². The Balaban J connectivity index is 2.03. The molecule has 2 aromatic heterocycles. The van der Waals surface area contributed by atoms with Gasteiger partial charge in [0.25, 0.3) is 5.56 Å². The lowest BCUT2D eigenvalue weighted by atomic mass is 9.85. The van der Waals surface area contributed by atoms with Gasteiger partial charge >= 0.3 is 0 Å². The summed E-state index contributed by atoms with van der Waals surface area (Å²) in [5.74, 6) is -0.0423. The van der Waals surface area contributed by atoms with Gasteiger partial charge < -0.3 is 14.8 Å². The fourth-order valence-electron chi connectivity index (χ4n) is 3.99. The van der Waals surface area contributed by atoms with Gasteiger partial charge in [-0.1, -0.05) is 29.2 Å². The van der Waals surface area contributed by atoms with Crippen LogP contribution in [0.3, 0.4) is 0 Å². The van der Waals surface area contributed by atoms with E-state index >= 15 is 0 Å². The van der Waals surface area contributed by atoms with Crippen molar-refractivity contribution in [2.75, 3.05) is 0 Å². The molecule has 3 aromatic rings. The fourth-order valence-corrected chi connectivity index (χ4v) is 4.25. The van der Waals surface area contributed by atoms with E-state index in [4.69, 9.17) is 21.9 Å². The highest BCUT2D eigenvalue weighted by atomic mass is 35.5. The number of aromatic nitrogens is 2. The SMILES string of the molecule is Cc1onc2c1c(=O)n(C1CCCC(C(N)=O)C1)c1cccc(Cl)c21. The second-order valence-corrected chi connectivity index (χ2v) is 7.10. The number of hydrogen-bond acceptors (Lipinski definition) is 4. The van der Waals surface area contributed by atoms with Gasteiger partial charge in [0.05, 0.1) is 10.5 Å². The highest BCUT2D eigenvalue weighted by Crippen LogP contribution is 2.36. The normalized spacial score (nSPS) is 21.0. The van der Waals surface area contributed by atoms with E-state index in [1.54, 1.807) is 17.6 Å². The zero-order valence-corrected chi connectivity index (χ0v) is 14.5. The Morgan fingerprint density at radius 3 is 2.92 bits per heavy atom. The van der Waals surface area contributed by atoms with Crippen molar-refractivity contribution < 1.29 is 9.32 Å². The van der Waals surface area contributed by atoms with E-state index < -0.39 is 0 Å². The van der Waals surface area contributed by atoms with Gasteiger partial charge in [0, 0.05) is 17.3 Å². The predicted molar refractivity (Wildman–Crippen MR) is 95.7 cm³/mol. The van der Waals surface area contributed by atoms with Crippen LogP contribution < -0.4 is 11.3 Å². The molecule has 1 fully saturated rings. The molecule has 0 spiro atoms. The van der Waals surface area contributed by atoms with E-state index in [-0.39, 0.29) is 23.4 Å². The number of nitrogens with two attached hydrogens (primary N) is 1. The number of primary amides is 1. The van der Waals surface area contributed by atoms with Crippen LogP contribution in [0.25, 0.3) is 21.8 Å². The molecule has 1 aliphatic carbocycles. The minimum absolute atomic E-state index is 0.0987. The average Bonchev–Trinajstić information content (AvgIpc) is 2.97. The summed E-state index contributed by atoms with van der Waals surface area (Å²) in [7, 11) is 0. The molecular formula is C18H18ClN3O3. The molecule has 2 heterocycles. The van der Waals surface area contributed by atoms with Gasteiger partial charge in [0.1, 0.15) is 16.7 Å². The summed E-state index contributed by atoms with van der Waals surface area (Å²) in [5, 5.41) is 5.72. The number of halogens is 1. The number of carbonyl (C=O) groups excluding carboxylic acids is 1. The quantitative estimate of drug-likeness (QED) is 0.759. The Morgan fingerprint density at radius 1 is 1.36 bits per heavy atom. The van der Waals surface area contributed by atoms with Crippen LogP contribution in [0.5, 0.6) is 0 Å². The molecule has 25 heavy (non-hydrogen) atoms. The Morgan fingerprint density at radius 2 is 2.16 bits per heavy atom. The largest absolute Gasteiger partial charge is 0.369 e. The fraction of sp³-hybridized carbons (Fsp3) is 0.389. The molecule has 0 bridgehead atoms. The van der Waals surface area contributed by atoms with Gasteiger partial charge in [-0.15, -0.1) is 0 Å². The summed E-state index contributed by atoms with van der Waals surface area (Å²) in [6.45, 7) is 1.72. The van der Waals surface area contributed by atoms with Crippen LogP contribution in [0.4, 0.5) is 0 Å². The van der Waals surface area contributed by atoms with E-state index in [1.807, 2.05) is 12.1 Å². The molecule has 7 heteroatoms. The second kappa shape index (κ2) is 5.88. The van der Waals surface area contributed by atoms with Gasteiger partial charge in [-0.25, -0.2) is 0 Å². The summed E-state index contributed by atoms with van der Waals surface area (Å²) in [6, 6.07) is 5.35. The van der Waals surface area contributed by atoms with E-state index in [2.05, 4.69) is 5.16 Å². The summed E-state index contributed by atoms with van der Waals surface area (Å²) >= 11 is 6.42. The molecule has 130 valence electrons. The number of benzene rings is 1. The maximum absolute atomic E-state index is 13.2. The molecule has 0 saturated heterocycles. The van der Waals surface area contributed by atoms with E-state index in [0.29, 0.717) is 39.0 Å². The Hall–Kier alpha value is -2.34. The number of hydrogen-bond donors (Lipinski definition) is 1. The lowest BCUT2D eigenvalue weighted by Crippen LogP contribution is -2.33. The van der Waals surface area contributed by atoms with Crippen LogP contribution in [0, 0.1) is 12.8 Å². The molecule has 1 aromatic carbocycles. The summed E-state index contributed by atoms with van der Waals surface area (Å²) < 4.78 is 7.02. The van der Waals surface area contributed by atoms with Gasteiger partial charge in [-0.05, 0) is 38.3 Å². The van der Waals surface area contributed by atoms with Crippen LogP contribution >= 0.6 is 11.6 Å². The Labute approximate surface area is 148 Å². The van der Waals surface area contributed by atoms with Gasteiger partial charge in [-0.2, -0.15) is 0 Å². The van der Waals surface area contributed by atoms with E-state index in [9.17, 15) is 9.59 Å². The molecule has 1 amide bonds. The third-order valence-corrected chi connectivity index (χ3v) is 5.51. The van der Waals surface area contributed by atoms with Crippen LogP contribution in [0.1, 0.15) is 37.5 Å². The molecule has 2 unspecified atom stereocenters. The maximum atomic E-state index is 13.2. The van der Waals surface area contributed by atoms with Gasteiger partial charge in [-0.3, -0.25) is 9.59 Å². The molecule has 6 nitrogen and oxygen atoms in total. The average molecular weight is 360 g/mol. The number of aryl methyl sites for hydroxylation is 1. The molecule has 1 saturated carbocycles. The van der Waals surface area contributed by atoms with Crippen LogP contribution in [-0.4, -0.2) is 15.6 Å². The van der Waals surface area contributed by atoms with Crippen molar-refractivity contribution in [1.29, 1.82) is 0 Å². The van der Waals surface area contributed by atoms with Crippen molar-refractivity contribution in [2.45, 2.75) is 38.6 Å². The highest BCUT2D eigenvalue weighted by Gasteiger charge is 2.30. The number of nitrogens with zero attached hydrogens (tertiary/aromatic N) is 2. The smallest absolute Gasteiger partial charge is 0.264 e. The van der Waals surface area contributed by atoms with E-state index in [0.717, 1.165) is 19.3 Å². The maximum Gasteiger partial charge on any atom is 0.264 e. The van der Waals surface area contributed by atoms with Crippen LogP contribution in [-0.2, 0) is 4.79 Å². The van der Waals surface area contributed by atoms with E-state index in [1.165, 1.54) is 0 Å². The molecule has 0 radical (unpaired) electrons. The van der Waals surface area contributed by atoms with Crippen molar-refractivity contribution >= 4 is 39.3 Å². The minimum Gasteiger partial charge on any atom is -0.369 e. The number of fused-ring (bicyclic) bond motifs is 3. The van der Waals surface area contributed by atoms with Gasteiger partial charge in [0.15, 0.2) is 0 Å². The predicted octanol–water partition coefficient (Wildman–Crippen LogP) is 3.32. The lowest BCUT2D eigenvalue weighted by molar-refractivity contribution is -0.123. The standard InChI is InChI=1S/C18H18ClN3O3/c1-9-14-16(21-25-9)15-12(19)6-3-7-13(15)22(18(14)24)11-5-2-4-10(8-11)17(20)23/h3,6-7,10-11H,2,4-5,8H2,1H3,(H2,20,23). The molecule has 1 aliphatic rings. The second-order valence-electron chi connectivity index (χ2n) is 6.69. The minimum atomic E-state index is -0.303. The summed E-state index contributed by atoms with van der Waals surface area (Å²) in [5.41, 5.74) is 6.56. The molecule has 4 rings (SSSR count). The molecule has 2 N–H and O–H groups in total. The first-order valence-corrected chi connectivity index (χ1v) is 8.75. The first-order valence-electron chi connectivity index (χ1n) is 8.37. The molecule has 0 aliphatic heterocycles. The number of pyridine rings is 1. The van der Waals surface area contributed by atoms with Crippen LogP contribution in [0.2, 0.25) is 5.02 Å². The van der Waals surface area contributed by atoms with Crippen molar-refractivity contribution in [3.8, 4) is 0 Å². The zero-order chi connectivity index (χ0) is 17.7. The summed E-state index contributed by atoms with van der Waals surface area (Å²) in [6.07, 6.45) is 3.01. The third-order valence-electron chi connectivity index (χ3n) is 5.20. The Bertz CT molecular complexity index is 1050. The third kappa shape index (κ3) is 2.43. The molecular weight excluding hydrogens is 342 g/mol. The molecule has 2 atom stereocenters. The first kappa shape index (κ1) is 16.1. The number of amides is 1. The Kier molecular flexibility index (Phi) is 3.80. The highest BCUT2D eigenvalue weighted by molar-refractivity contribution is 6.37. The van der Waals surface area contributed by atoms with Crippen LogP contribution in [0.15, 0.2) is 27.5 Å². The van der Waals surface area contributed by atoms with Crippen molar-refractivity contribution in [1.82, 2.24) is 9.72 Å². The topological polar surface area (TPSA) is 91.1 Å². The zero-order valence-electron chi connectivity index (χ0n) is 13.8. The van der Waals surface area contributed by atoms with Gasteiger partial charge in [0.2, 0.25) is 5.91 Å². The summed E-state index contributed by atoms with van der Waals surface area (Å²) in [4.78, 5) is 24.9. The monoisotopic (exact) mass is 359 g/mol. The van der Waals surface area contributed by atoms with Crippen molar-refractivity contribution in [3.05, 3.63) is 39.3 Å².